The fourth-order valence-corrected chi connectivity index (χ4v) is 1.10. The van der Waals surface area contributed by atoms with Crippen molar-refractivity contribution in [1.29, 1.82) is 5.26 Å². The van der Waals surface area contributed by atoms with Gasteiger partial charge < -0.3 is 9.15 Å². The van der Waals surface area contributed by atoms with Crippen LogP contribution in [0.1, 0.15) is 11.3 Å². The van der Waals surface area contributed by atoms with Crippen LogP contribution in [-0.2, 0) is 6.61 Å². The van der Waals surface area contributed by atoms with Crippen LogP contribution in [0.2, 0.25) is 0 Å². The van der Waals surface area contributed by atoms with Gasteiger partial charge >= 0.3 is 0 Å². The van der Waals surface area contributed by atoms with Crippen molar-refractivity contribution in [2.45, 2.75) is 6.61 Å². The van der Waals surface area contributed by atoms with Crippen LogP contribution in [-0.4, -0.2) is 4.98 Å². The average Bonchev–Trinajstić information content (AvgIpc) is 2.79. The van der Waals surface area contributed by atoms with E-state index in [9.17, 15) is 0 Å². The molecule has 0 unspecified atom stereocenters. The first-order valence-corrected chi connectivity index (χ1v) is 4.40. The summed E-state index contributed by atoms with van der Waals surface area (Å²) in [5.74, 6) is 1.14. The Morgan fingerprint density at radius 2 is 2.40 bits per heavy atom. The lowest BCUT2D eigenvalue weighted by Crippen LogP contribution is -1.95. The van der Waals surface area contributed by atoms with Crippen LogP contribution in [0.15, 0.2) is 41.1 Å². The molecule has 74 valence electrons. The van der Waals surface area contributed by atoms with Gasteiger partial charge in [-0.3, -0.25) is 0 Å². The van der Waals surface area contributed by atoms with E-state index in [1.165, 1.54) is 6.20 Å². The maximum atomic E-state index is 8.66. The third kappa shape index (κ3) is 2.35. The SMILES string of the molecule is N#Cc1ccnc(OCc2ccco2)c1. The molecule has 0 aliphatic rings. The number of ether oxygens (including phenoxy) is 1. The summed E-state index contributed by atoms with van der Waals surface area (Å²) in [5, 5.41) is 8.66. The topological polar surface area (TPSA) is 59.0 Å². The maximum Gasteiger partial charge on any atom is 0.214 e. The lowest BCUT2D eigenvalue weighted by atomic mass is 10.3. The smallest absolute Gasteiger partial charge is 0.214 e. The number of furan rings is 1. The monoisotopic (exact) mass is 200 g/mol. The first-order chi connectivity index (χ1) is 7.38. The third-order valence-electron chi connectivity index (χ3n) is 1.81. The highest BCUT2D eigenvalue weighted by Crippen LogP contribution is 2.11. The number of rotatable bonds is 3. The summed E-state index contributed by atoms with van der Waals surface area (Å²) in [7, 11) is 0. The minimum Gasteiger partial charge on any atom is -0.469 e. The Kier molecular flexibility index (Phi) is 2.65. The molecule has 15 heavy (non-hydrogen) atoms. The minimum absolute atomic E-state index is 0.314. The van der Waals surface area contributed by atoms with Gasteiger partial charge in [0.1, 0.15) is 12.4 Å². The van der Waals surface area contributed by atoms with Crippen molar-refractivity contribution < 1.29 is 9.15 Å². The van der Waals surface area contributed by atoms with Crippen LogP contribution in [0.5, 0.6) is 5.88 Å². The molecule has 0 aliphatic carbocycles. The summed E-state index contributed by atoms with van der Waals surface area (Å²) in [6.45, 7) is 0.314. The second-order valence-corrected chi connectivity index (χ2v) is 2.86. The van der Waals surface area contributed by atoms with Crippen LogP contribution in [0.3, 0.4) is 0 Å². The van der Waals surface area contributed by atoms with Crippen molar-refractivity contribution in [1.82, 2.24) is 4.98 Å². The maximum absolute atomic E-state index is 8.66. The van der Waals surface area contributed by atoms with Gasteiger partial charge in [-0.2, -0.15) is 5.26 Å². The Morgan fingerprint density at radius 1 is 1.47 bits per heavy atom. The Hall–Kier alpha value is -2.28. The standard InChI is InChI=1S/C11H8N2O2/c12-7-9-3-4-13-11(6-9)15-8-10-2-1-5-14-10/h1-6H,8H2. The van der Waals surface area contributed by atoms with Gasteiger partial charge in [-0.05, 0) is 18.2 Å². The first-order valence-electron chi connectivity index (χ1n) is 4.40. The van der Waals surface area contributed by atoms with E-state index < -0.39 is 0 Å². The summed E-state index contributed by atoms with van der Waals surface area (Å²) in [4.78, 5) is 3.97. The van der Waals surface area contributed by atoms with E-state index in [4.69, 9.17) is 14.4 Å². The Balaban J connectivity index is 2.02. The molecule has 0 bridgehead atoms. The van der Waals surface area contributed by atoms with E-state index in [-0.39, 0.29) is 0 Å². The number of hydrogen-bond donors (Lipinski definition) is 0. The molecule has 0 fully saturated rings. The summed E-state index contributed by atoms with van der Waals surface area (Å²) in [6, 6.07) is 8.83. The van der Waals surface area contributed by atoms with Gasteiger partial charge in [0.15, 0.2) is 0 Å². The Labute approximate surface area is 86.7 Å². The minimum atomic E-state index is 0.314. The summed E-state index contributed by atoms with van der Waals surface area (Å²) in [6.07, 6.45) is 3.12. The fraction of sp³-hybridized carbons (Fsp3) is 0.0909. The summed E-state index contributed by atoms with van der Waals surface area (Å²) < 4.78 is 10.4. The largest absolute Gasteiger partial charge is 0.469 e. The second kappa shape index (κ2) is 4.29. The van der Waals surface area contributed by atoms with Gasteiger partial charge in [-0.25, -0.2) is 4.98 Å². The normalized spacial score (nSPS) is 9.53. The molecular formula is C11H8N2O2. The molecule has 4 heteroatoms. The Morgan fingerprint density at radius 3 is 3.13 bits per heavy atom. The molecule has 0 aromatic carbocycles. The molecule has 2 rings (SSSR count). The number of hydrogen-bond acceptors (Lipinski definition) is 4. The summed E-state index contributed by atoms with van der Waals surface area (Å²) >= 11 is 0. The van der Waals surface area contributed by atoms with Crippen molar-refractivity contribution in [3.63, 3.8) is 0 Å². The van der Waals surface area contributed by atoms with Gasteiger partial charge in [0.05, 0.1) is 17.9 Å². The van der Waals surface area contributed by atoms with E-state index in [0.29, 0.717) is 18.1 Å². The average molecular weight is 200 g/mol. The number of nitriles is 1. The molecule has 0 aliphatic heterocycles. The van der Waals surface area contributed by atoms with Crippen molar-refractivity contribution in [2.24, 2.45) is 0 Å². The van der Waals surface area contributed by atoms with Crippen LogP contribution < -0.4 is 4.74 Å². The highest BCUT2D eigenvalue weighted by atomic mass is 16.5. The molecule has 0 saturated carbocycles. The molecule has 0 N–H and O–H groups in total. The number of pyridine rings is 1. The molecule has 2 aromatic heterocycles. The van der Waals surface area contributed by atoms with Crippen LogP contribution >= 0.6 is 0 Å². The van der Waals surface area contributed by atoms with Gasteiger partial charge in [-0.15, -0.1) is 0 Å². The fourth-order valence-electron chi connectivity index (χ4n) is 1.10. The molecule has 4 nitrogen and oxygen atoms in total. The van der Waals surface area contributed by atoms with Crippen molar-refractivity contribution >= 4 is 0 Å². The van der Waals surface area contributed by atoms with Crippen molar-refractivity contribution in [3.05, 3.63) is 48.0 Å². The molecule has 2 aromatic rings. The molecule has 0 spiro atoms. The molecule has 0 amide bonds. The van der Waals surface area contributed by atoms with Crippen LogP contribution in [0.25, 0.3) is 0 Å². The van der Waals surface area contributed by atoms with E-state index in [1.807, 2.05) is 12.1 Å². The highest BCUT2D eigenvalue weighted by Gasteiger charge is 2.00. The zero-order valence-corrected chi connectivity index (χ0v) is 7.88. The predicted octanol–water partition coefficient (Wildman–Crippen LogP) is 2.13. The first kappa shape index (κ1) is 9.28. The number of aromatic nitrogens is 1. The van der Waals surface area contributed by atoms with Crippen molar-refractivity contribution in [3.8, 4) is 11.9 Å². The van der Waals surface area contributed by atoms with E-state index in [0.717, 1.165) is 5.76 Å². The zero-order valence-electron chi connectivity index (χ0n) is 7.88. The molecule has 0 radical (unpaired) electrons. The van der Waals surface area contributed by atoms with Gasteiger partial charge in [0, 0.05) is 12.3 Å². The quantitative estimate of drug-likeness (QED) is 0.761. The molecule has 2 heterocycles. The summed E-state index contributed by atoms with van der Waals surface area (Å²) in [5.41, 5.74) is 0.527. The lowest BCUT2D eigenvalue weighted by molar-refractivity contribution is 0.260. The van der Waals surface area contributed by atoms with Gasteiger partial charge in [0.25, 0.3) is 0 Å². The highest BCUT2D eigenvalue weighted by molar-refractivity contribution is 5.31. The Bertz CT molecular complexity index is 472. The molecule has 0 atom stereocenters. The lowest BCUT2D eigenvalue weighted by Gasteiger charge is -2.02. The van der Waals surface area contributed by atoms with E-state index >= 15 is 0 Å². The van der Waals surface area contributed by atoms with E-state index in [1.54, 1.807) is 24.5 Å². The second-order valence-electron chi connectivity index (χ2n) is 2.86. The van der Waals surface area contributed by atoms with Crippen molar-refractivity contribution in [2.75, 3.05) is 0 Å². The molecule has 0 saturated heterocycles. The van der Waals surface area contributed by atoms with Crippen LogP contribution in [0.4, 0.5) is 0 Å². The molecular weight excluding hydrogens is 192 g/mol. The van der Waals surface area contributed by atoms with E-state index in [2.05, 4.69) is 4.98 Å². The van der Waals surface area contributed by atoms with Crippen LogP contribution in [0, 0.1) is 11.3 Å². The van der Waals surface area contributed by atoms with Gasteiger partial charge in [-0.1, -0.05) is 0 Å². The predicted molar refractivity (Wildman–Crippen MR) is 52.0 cm³/mol. The number of nitrogens with zero attached hydrogens (tertiary/aromatic N) is 2. The zero-order chi connectivity index (χ0) is 10.5. The third-order valence-corrected chi connectivity index (χ3v) is 1.81. The van der Waals surface area contributed by atoms with Gasteiger partial charge in [0.2, 0.25) is 5.88 Å².